The van der Waals surface area contributed by atoms with Gasteiger partial charge in [0.05, 0.1) is 26.4 Å². The number of ether oxygens (including phenoxy) is 2. The number of nitrogens with one attached hydrogen (secondary N) is 2. The van der Waals surface area contributed by atoms with E-state index < -0.39 is 5.60 Å². The first-order valence-corrected chi connectivity index (χ1v) is 8.05. The molecule has 0 atom stereocenters. The van der Waals surface area contributed by atoms with E-state index in [2.05, 4.69) is 15.6 Å². The van der Waals surface area contributed by atoms with Crippen LogP contribution in [0.25, 0.3) is 0 Å². The first-order chi connectivity index (χ1) is 11.1. The van der Waals surface area contributed by atoms with E-state index in [-0.39, 0.29) is 0 Å². The Bertz CT molecular complexity index is 542. The van der Waals surface area contributed by atoms with Gasteiger partial charge in [0.15, 0.2) is 17.5 Å². The first-order valence-electron chi connectivity index (χ1n) is 8.05. The van der Waals surface area contributed by atoms with Gasteiger partial charge >= 0.3 is 0 Å². The Morgan fingerprint density at radius 3 is 2.52 bits per heavy atom. The maximum Gasteiger partial charge on any atom is 0.191 e. The number of hydrogen-bond donors (Lipinski definition) is 3. The highest BCUT2D eigenvalue weighted by Crippen LogP contribution is 2.30. The fourth-order valence-corrected chi connectivity index (χ4v) is 2.50. The average Bonchev–Trinajstić information content (AvgIpc) is 2.55. The molecule has 0 spiro atoms. The molecule has 1 fully saturated rings. The molecular formula is C17H27N3O3. The second-order valence-corrected chi connectivity index (χ2v) is 5.82. The van der Waals surface area contributed by atoms with Gasteiger partial charge in [-0.25, -0.2) is 4.99 Å². The highest BCUT2D eigenvalue weighted by atomic mass is 16.5. The van der Waals surface area contributed by atoms with E-state index in [1.807, 2.05) is 25.1 Å². The van der Waals surface area contributed by atoms with Crippen molar-refractivity contribution in [2.75, 3.05) is 27.3 Å². The number of rotatable bonds is 7. The average molecular weight is 321 g/mol. The number of methoxy groups -OCH3 is 2. The van der Waals surface area contributed by atoms with Crippen LogP contribution in [0.1, 0.15) is 31.7 Å². The maximum absolute atomic E-state index is 10.2. The monoisotopic (exact) mass is 321 g/mol. The topological polar surface area (TPSA) is 75.1 Å². The second kappa shape index (κ2) is 8.06. The largest absolute Gasteiger partial charge is 0.493 e. The van der Waals surface area contributed by atoms with Gasteiger partial charge in [-0.1, -0.05) is 6.07 Å². The Balaban J connectivity index is 1.98. The lowest BCUT2D eigenvalue weighted by molar-refractivity contribution is -0.0279. The van der Waals surface area contributed by atoms with Crippen molar-refractivity contribution in [3.8, 4) is 11.5 Å². The van der Waals surface area contributed by atoms with Gasteiger partial charge in [0, 0.05) is 13.1 Å². The van der Waals surface area contributed by atoms with Crippen molar-refractivity contribution >= 4 is 5.96 Å². The fourth-order valence-electron chi connectivity index (χ4n) is 2.50. The molecule has 1 aliphatic carbocycles. The van der Waals surface area contributed by atoms with Crippen LogP contribution in [0.3, 0.4) is 0 Å². The molecule has 128 valence electrons. The molecule has 0 unspecified atom stereocenters. The molecule has 6 nitrogen and oxygen atoms in total. The van der Waals surface area contributed by atoms with Crippen molar-refractivity contribution in [3.63, 3.8) is 0 Å². The molecule has 1 aromatic carbocycles. The molecule has 0 saturated heterocycles. The highest BCUT2D eigenvalue weighted by molar-refractivity contribution is 5.79. The zero-order valence-electron chi connectivity index (χ0n) is 14.2. The smallest absolute Gasteiger partial charge is 0.191 e. The van der Waals surface area contributed by atoms with Gasteiger partial charge in [-0.2, -0.15) is 0 Å². The molecule has 0 amide bonds. The normalized spacial score (nSPS) is 16.4. The van der Waals surface area contributed by atoms with Crippen molar-refractivity contribution in [2.24, 2.45) is 4.99 Å². The summed E-state index contributed by atoms with van der Waals surface area (Å²) in [5.41, 5.74) is 0.460. The summed E-state index contributed by atoms with van der Waals surface area (Å²) >= 11 is 0. The molecule has 0 heterocycles. The lowest BCUT2D eigenvalue weighted by Gasteiger charge is -2.37. The number of guanidine groups is 1. The number of hydrogen-bond acceptors (Lipinski definition) is 4. The van der Waals surface area contributed by atoms with Gasteiger partial charge in [0.25, 0.3) is 0 Å². The Labute approximate surface area is 137 Å². The molecule has 0 radical (unpaired) electrons. The molecule has 0 bridgehead atoms. The van der Waals surface area contributed by atoms with Crippen molar-refractivity contribution in [1.29, 1.82) is 0 Å². The van der Waals surface area contributed by atoms with Gasteiger partial charge in [-0.15, -0.1) is 0 Å². The molecule has 2 rings (SSSR count). The van der Waals surface area contributed by atoms with Gasteiger partial charge < -0.3 is 25.2 Å². The van der Waals surface area contributed by atoms with E-state index in [0.717, 1.165) is 31.4 Å². The van der Waals surface area contributed by atoms with Gasteiger partial charge in [0.2, 0.25) is 0 Å². The third kappa shape index (κ3) is 4.76. The minimum Gasteiger partial charge on any atom is -0.493 e. The van der Waals surface area contributed by atoms with Crippen molar-refractivity contribution < 1.29 is 14.6 Å². The van der Waals surface area contributed by atoms with E-state index in [0.29, 0.717) is 30.5 Å². The number of aliphatic imine (C=N–C) groups is 1. The quantitative estimate of drug-likeness (QED) is 0.526. The highest BCUT2D eigenvalue weighted by Gasteiger charge is 2.34. The number of nitrogens with zero attached hydrogens (tertiary/aromatic N) is 1. The molecule has 0 aromatic heterocycles. The molecule has 23 heavy (non-hydrogen) atoms. The molecule has 1 aliphatic rings. The second-order valence-electron chi connectivity index (χ2n) is 5.82. The van der Waals surface area contributed by atoms with Crippen molar-refractivity contribution in [2.45, 2.75) is 38.3 Å². The Morgan fingerprint density at radius 1 is 1.22 bits per heavy atom. The van der Waals surface area contributed by atoms with E-state index in [4.69, 9.17) is 9.47 Å². The summed E-state index contributed by atoms with van der Waals surface area (Å²) in [6, 6.07) is 5.76. The molecule has 0 aliphatic heterocycles. The summed E-state index contributed by atoms with van der Waals surface area (Å²) in [6.07, 6.45) is 2.81. The maximum atomic E-state index is 10.2. The lowest BCUT2D eigenvalue weighted by atomic mass is 9.80. The van der Waals surface area contributed by atoms with Crippen LogP contribution in [0.2, 0.25) is 0 Å². The Kier molecular flexibility index (Phi) is 6.10. The first kappa shape index (κ1) is 17.4. The van der Waals surface area contributed by atoms with Crippen LogP contribution < -0.4 is 20.1 Å². The predicted octanol–water partition coefficient (Wildman–Crippen LogP) is 1.67. The summed E-state index contributed by atoms with van der Waals surface area (Å²) in [7, 11) is 3.24. The van der Waals surface area contributed by atoms with E-state index in [9.17, 15) is 5.11 Å². The van der Waals surface area contributed by atoms with Crippen LogP contribution in [0.5, 0.6) is 11.5 Å². The molecule has 3 N–H and O–H groups in total. The van der Waals surface area contributed by atoms with E-state index in [1.54, 1.807) is 14.2 Å². The van der Waals surface area contributed by atoms with Gasteiger partial charge in [-0.05, 0) is 43.9 Å². The van der Waals surface area contributed by atoms with Crippen LogP contribution >= 0.6 is 0 Å². The Hall–Kier alpha value is -1.95. The van der Waals surface area contributed by atoms with Crippen LogP contribution in [-0.4, -0.2) is 44.0 Å². The lowest BCUT2D eigenvalue weighted by Crippen LogP contribution is -2.50. The van der Waals surface area contributed by atoms with Crippen LogP contribution in [-0.2, 0) is 6.54 Å². The SMILES string of the molecule is CCNC(=NCc1ccc(OC)c(OC)c1)NCC1(O)CCC1. The molecule has 6 heteroatoms. The molecule has 1 saturated carbocycles. The number of aliphatic hydroxyl groups is 1. The van der Waals surface area contributed by atoms with Gasteiger partial charge in [-0.3, -0.25) is 0 Å². The minimum atomic E-state index is -0.570. The van der Waals surface area contributed by atoms with Gasteiger partial charge in [0.1, 0.15) is 0 Å². The van der Waals surface area contributed by atoms with Crippen molar-refractivity contribution in [1.82, 2.24) is 10.6 Å². The summed E-state index contributed by atoms with van der Waals surface area (Å²) in [4.78, 5) is 4.56. The summed E-state index contributed by atoms with van der Waals surface area (Å²) < 4.78 is 10.5. The summed E-state index contributed by atoms with van der Waals surface area (Å²) in [5.74, 6) is 2.11. The van der Waals surface area contributed by atoms with Crippen LogP contribution in [0, 0.1) is 0 Å². The minimum absolute atomic E-state index is 0.522. The third-order valence-corrected chi connectivity index (χ3v) is 4.08. The summed E-state index contributed by atoms with van der Waals surface area (Å²) in [5, 5.41) is 16.6. The summed E-state index contributed by atoms with van der Waals surface area (Å²) in [6.45, 7) is 3.85. The van der Waals surface area contributed by atoms with Crippen LogP contribution in [0.4, 0.5) is 0 Å². The van der Waals surface area contributed by atoms with E-state index in [1.165, 1.54) is 0 Å². The molecular weight excluding hydrogens is 294 g/mol. The standard InChI is InChI=1S/C17H27N3O3/c1-4-18-16(20-12-17(21)8-5-9-17)19-11-13-6-7-14(22-2)15(10-13)23-3/h6-7,10,21H,4-5,8-9,11-12H2,1-3H3,(H2,18,19,20). The zero-order chi connectivity index (χ0) is 16.7. The van der Waals surface area contributed by atoms with Crippen LogP contribution in [0.15, 0.2) is 23.2 Å². The zero-order valence-corrected chi connectivity index (χ0v) is 14.2. The van der Waals surface area contributed by atoms with E-state index >= 15 is 0 Å². The third-order valence-electron chi connectivity index (χ3n) is 4.08. The predicted molar refractivity (Wildman–Crippen MR) is 91.2 cm³/mol. The Morgan fingerprint density at radius 2 is 1.96 bits per heavy atom. The molecule has 1 aromatic rings. The van der Waals surface area contributed by atoms with Crippen molar-refractivity contribution in [3.05, 3.63) is 23.8 Å². The number of benzene rings is 1. The fraction of sp³-hybridized carbons (Fsp3) is 0.588.